The topological polar surface area (TPSA) is 12.0 Å². The number of likely N-dealkylation sites (N-methyl/N-ethyl adjacent to an activating group) is 1. The van der Waals surface area contributed by atoms with Crippen LogP contribution in [-0.2, 0) is 6.42 Å². The third-order valence-corrected chi connectivity index (χ3v) is 4.53. The lowest BCUT2D eigenvalue weighted by Crippen LogP contribution is -2.31. The van der Waals surface area contributed by atoms with Crippen molar-refractivity contribution in [1.82, 2.24) is 5.32 Å². The van der Waals surface area contributed by atoms with Gasteiger partial charge in [-0.15, -0.1) is 11.3 Å². The number of nitrogens with one attached hydrogen (secondary N) is 1. The minimum atomic E-state index is 0.688. The summed E-state index contributed by atoms with van der Waals surface area (Å²) in [7, 11) is 0. The summed E-state index contributed by atoms with van der Waals surface area (Å²) in [6.45, 7) is 3.29. The standard InChI is InChI=1S/C12H18BrNS/c1-2-14-10(7-9-3-4-9)8-11-5-6-12(13)15-11/h5-6,9-10,14H,2-4,7-8H2,1H3. The lowest BCUT2D eigenvalue weighted by atomic mass is 10.1. The van der Waals surface area contributed by atoms with Gasteiger partial charge in [-0.1, -0.05) is 19.8 Å². The Morgan fingerprint density at radius 3 is 2.87 bits per heavy atom. The van der Waals surface area contributed by atoms with E-state index >= 15 is 0 Å². The number of rotatable bonds is 6. The van der Waals surface area contributed by atoms with Gasteiger partial charge < -0.3 is 5.32 Å². The summed E-state index contributed by atoms with van der Waals surface area (Å²) in [5, 5.41) is 3.60. The van der Waals surface area contributed by atoms with E-state index in [0.29, 0.717) is 6.04 Å². The Bertz CT molecular complexity index is 306. The van der Waals surface area contributed by atoms with Gasteiger partial charge in [-0.05, 0) is 53.4 Å². The molecular formula is C12H18BrNS. The van der Waals surface area contributed by atoms with E-state index in [9.17, 15) is 0 Å². The summed E-state index contributed by atoms with van der Waals surface area (Å²) >= 11 is 5.39. The van der Waals surface area contributed by atoms with Crippen LogP contribution in [0.2, 0.25) is 0 Å². The van der Waals surface area contributed by atoms with Crippen LogP contribution in [0.25, 0.3) is 0 Å². The van der Waals surface area contributed by atoms with Crippen molar-refractivity contribution in [2.75, 3.05) is 6.54 Å². The molecule has 1 nitrogen and oxygen atoms in total. The van der Waals surface area contributed by atoms with E-state index in [-0.39, 0.29) is 0 Å². The first kappa shape index (κ1) is 11.6. The van der Waals surface area contributed by atoms with Crippen LogP contribution in [0.5, 0.6) is 0 Å². The first-order valence-corrected chi connectivity index (χ1v) is 7.36. The molecule has 1 aromatic heterocycles. The normalized spacial score (nSPS) is 18.0. The first-order valence-electron chi connectivity index (χ1n) is 5.75. The molecule has 15 heavy (non-hydrogen) atoms. The van der Waals surface area contributed by atoms with Gasteiger partial charge in [-0.3, -0.25) is 0 Å². The highest BCUT2D eigenvalue weighted by Crippen LogP contribution is 2.34. The van der Waals surface area contributed by atoms with Crippen LogP contribution in [0.15, 0.2) is 15.9 Å². The molecule has 1 aromatic rings. The highest BCUT2D eigenvalue weighted by molar-refractivity contribution is 9.11. The van der Waals surface area contributed by atoms with Crippen LogP contribution in [0.3, 0.4) is 0 Å². The van der Waals surface area contributed by atoms with Crippen molar-refractivity contribution in [1.29, 1.82) is 0 Å². The fourth-order valence-electron chi connectivity index (χ4n) is 1.99. The Morgan fingerprint density at radius 2 is 2.33 bits per heavy atom. The van der Waals surface area contributed by atoms with E-state index in [1.807, 2.05) is 11.3 Å². The zero-order valence-corrected chi connectivity index (χ0v) is 11.5. The monoisotopic (exact) mass is 287 g/mol. The summed E-state index contributed by atoms with van der Waals surface area (Å²) in [6, 6.07) is 5.08. The molecule has 0 bridgehead atoms. The molecule has 0 aromatic carbocycles. The maximum Gasteiger partial charge on any atom is 0.0701 e. The van der Waals surface area contributed by atoms with Crippen molar-refractivity contribution in [3.63, 3.8) is 0 Å². The van der Waals surface area contributed by atoms with E-state index < -0.39 is 0 Å². The molecule has 0 aliphatic heterocycles. The van der Waals surface area contributed by atoms with Crippen LogP contribution >= 0.6 is 27.3 Å². The Kier molecular flexibility index (Phi) is 4.23. The molecule has 0 spiro atoms. The molecule has 0 saturated heterocycles. The quantitative estimate of drug-likeness (QED) is 0.839. The molecule has 1 aliphatic rings. The van der Waals surface area contributed by atoms with Crippen LogP contribution < -0.4 is 5.32 Å². The molecule has 1 N–H and O–H groups in total. The predicted octanol–water partition coefficient (Wildman–Crippen LogP) is 3.83. The summed E-state index contributed by atoms with van der Waals surface area (Å²) in [5.74, 6) is 1.01. The average molecular weight is 288 g/mol. The zero-order chi connectivity index (χ0) is 10.7. The largest absolute Gasteiger partial charge is 0.314 e. The zero-order valence-electron chi connectivity index (χ0n) is 9.13. The number of hydrogen-bond donors (Lipinski definition) is 1. The molecular weight excluding hydrogens is 270 g/mol. The molecule has 1 saturated carbocycles. The molecule has 0 radical (unpaired) electrons. The minimum absolute atomic E-state index is 0.688. The molecule has 3 heteroatoms. The lowest BCUT2D eigenvalue weighted by molar-refractivity contribution is 0.468. The van der Waals surface area contributed by atoms with E-state index in [1.54, 1.807) is 0 Å². The van der Waals surface area contributed by atoms with Gasteiger partial charge in [0.25, 0.3) is 0 Å². The number of hydrogen-bond acceptors (Lipinski definition) is 2. The number of halogens is 1. The Hall–Kier alpha value is 0.140. The first-order chi connectivity index (χ1) is 7.28. The highest BCUT2D eigenvalue weighted by Gasteiger charge is 2.25. The SMILES string of the molecule is CCNC(Cc1ccc(Br)s1)CC1CC1. The van der Waals surface area contributed by atoms with Crippen LogP contribution in [-0.4, -0.2) is 12.6 Å². The fraction of sp³-hybridized carbons (Fsp3) is 0.667. The Labute approximate surface area is 104 Å². The molecule has 1 heterocycles. The average Bonchev–Trinajstić information content (AvgIpc) is 2.90. The van der Waals surface area contributed by atoms with Gasteiger partial charge in [-0.2, -0.15) is 0 Å². The summed E-state index contributed by atoms with van der Waals surface area (Å²) in [6.07, 6.45) is 5.47. The molecule has 1 atom stereocenters. The minimum Gasteiger partial charge on any atom is -0.314 e. The maximum atomic E-state index is 3.60. The third-order valence-electron chi connectivity index (χ3n) is 2.88. The highest BCUT2D eigenvalue weighted by atomic mass is 79.9. The summed E-state index contributed by atoms with van der Waals surface area (Å²) in [4.78, 5) is 1.49. The Balaban J connectivity index is 1.86. The molecule has 1 aliphatic carbocycles. The van der Waals surface area contributed by atoms with Gasteiger partial charge in [0.1, 0.15) is 0 Å². The van der Waals surface area contributed by atoms with E-state index in [1.165, 1.54) is 34.3 Å². The fourth-order valence-corrected chi connectivity index (χ4v) is 3.55. The van der Waals surface area contributed by atoms with Crippen molar-refractivity contribution in [2.45, 2.75) is 38.6 Å². The Morgan fingerprint density at radius 1 is 1.53 bits per heavy atom. The third kappa shape index (κ3) is 3.89. The van der Waals surface area contributed by atoms with Gasteiger partial charge in [0.05, 0.1) is 3.79 Å². The summed E-state index contributed by atoms with van der Waals surface area (Å²) < 4.78 is 1.25. The van der Waals surface area contributed by atoms with Gasteiger partial charge in [0, 0.05) is 10.9 Å². The van der Waals surface area contributed by atoms with E-state index in [4.69, 9.17) is 0 Å². The second-order valence-corrected chi connectivity index (χ2v) is 6.89. The smallest absolute Gasteiger partial charge is 0.0701 e. The van der Waals surface area contributed by atoms with Crippen molar-refractivity contribution in [3.8, 4) is 0 Å². The number of thiophene rings is 1. The molecule has 1 fully saturated rings. The molecule has 0 amide bonds. The van der Waals surface area contributed by atoms with E-state index in [0.717, 1.165) is 12.5 Å². The second-order valence-electron chi connectivity index (χ2n) is 4.34. The van der Waals surface area contributed by atoms with Crippen molar-refractivity contribution >= 4 is 27.3 Å². The van der Waals surface area contributed by atoms with Crippen molar-refractivity contribution in [3.05, 3.63) is 20.8 Å². The summed E-state index contributed by atoms with van der Waals surface area (Å²) in [5.41, 5.74) is 0. The second kappa shape index (κ2) is 5.46. The van der Waals surface area contributed by atoms with Crippen molar-refractivity contribution in [2.24, 2.45) is 5.92 Å². The lowest BCUT2D eigenvalue weighted by Gasteiger charge is -2.16. The van der Waals surface area contributed by atoms with Crippen molar-refractivity contribution < 1.29 is 0 Å². The van der Waals surface area contributed by atoms with Gasteiger partial charge >= 0.3 is 0 Å². The van der Waals surface area contributed by atoms with E-state index in [2.05, 4.69) is 40.3 Å². The maximum absolute atomic E-state index is 3.60. The predicted molar refractivity (Wildman–Crippen MR) is 70.5 cm³/mol. The van der Waals surface area contributed by atoms with Gasteiger partial charge in [0.15, 0.2) is 0 Å². The molecule has 2 rings (SSSR count). The van der Waals surface area contributed by atoms with Gasteiger partial charge in [0.2, 0.25) is 0 Å². The van der Waals surface area contributed by atoms with Crippen LogP contribution in [0.1, 0.15) is 31.1 Å². The molecule has 1 unspecified atom stereocenters. The molecule has 84 valence electrons. The van der Waals surface area contributed by atoms with Crippen LogP contribution in [0.4, 0.5) is 0 Å². The van der Waals surface area contributed by atoms with Gasteiger partial charge in [-0.25, -0.2) is 0 Å². The van der Waals surface area contributed by atoms with Crippen LogP contribution in [0, 0.1) is 5.92 Å².